The second-order valence-corrected chi connectivity index (χ2v) is 8.74. The first-order valence-corrected chi connectivity index (χ1v) is 11.5. The van der Waals surface area contributed by atoms with Crippen molar-refractivity contribution in [2.45, 2.75) is 40.2 Å². The number of nitrogens with zero attached hydrogens (tertiary/aromatic N) is 5. The number of benzene rings is 1. The van der Waals surface area contributed by atoms with E-state index in [4.69, 9.17) is 4.74 Å². The predicted molar refractivity (Wildman–Crippen MR) is 130 cm³/mol. The van der Waals surface area contributed by atoms with Crippen LogP contribution in [0.3, 0.4) is 0 Å². The highest BCUT2D eigenvalue weighted by Crippen LogP contribution is 2.38. The van der Waals surface area contributed by atoms with Crippen molar-refractivity contribution < 1.29 is 9.53 Å². The number of hydrogen-bond donors (Lipinski definition) is 0. The molecule has 0 aliphatic heterocycles. The number of imidazole rings is 1. The summed E-state index contributed by atoms with van der Waals surface area (Å²) < 4.78 is 10.2. The highest BCUT2D eigenvalue weighted by molar-refractivity contribution is 5.87. The Morgan fingerprint density at radius 1 is 1.15 bits per heavy atom. The zero-order valence-electron chi connectivity index (χ0n) is 19.7. The van der Waals surface area contributed by atoms with Crippen LogP contribution in [0.1, 0.15) is 37.8 Å². The summed E-state index contributed by atoms with van der Waals surface area (Å²) in [6.45, 7) is 8.05. The van der Waals surface area contributed by atoms with Crippen molar-refractivity contribution in [3.05, 3.63) is 82.3 Å². The van der Waals surface area contributed by atoms with Gasteiger partial charge in [0.05, 0.1) is 35.6 Å². The van der Waals surface area contributed by atoms with E-state index in [1.165, 1.54) is 4.57 Å². The number of hydrogen-bond acceptors (Lipinski definition) is 5. The highest BCUT2D eigenvalue weighted by Gasteiger charge is 2.28. The number of carbonyl (C=O) groups is 1. The summed E-state index contributed by atoms with van der Waals surface area (Å²) in [5.41, 5.74) is 6.15. The molecule has 0 bridgehead atoms. The summed E-state index contributed by atoms with van der Waals surface area (Å²) in [4.78, 5) is 30.2. The molecule has 8 heteroatoms. The van der Waals surface area contributed by atoms with Gasteiger partial charge >= 0.3 is 11.7 Å². The molecule has 0 N–H and O–H groups in total. The fraction of sp³-hybridized carbons (Fsp3) is 0.308. The average molecular weight is 458 g/mol. The Morgan fingerprint density at radius 3 is 2.76 bits per heavy atom. The average Bonchev–Trinajstić information content (AvgIpc) is 3.36. The second kappa shape index (κ2) is 8.44. The van der Waals surface area contributed by atoms with Crippen LogP contribution in [0.15, 0.2) is 65.5 Å². The van der Waals surface area contributed by atoms with E-state index < -0.39 is 5.97 Å². The Kier molecular flexibility index (Phi) is 5.43. The summed E-state index contributed by atoms with van der Waals surface area (Å²) in [6, 6.07) is 5.76. The van der Waals surface area contributed by atoms with Gasteiger partial charge in [0.15, 0.2) is 0 Å². The fourth-order valence-electron chi connectivity index (χ4n) is 4.91. The normalized spacial score (nSPS) is 18.2. The highest BCUT2D eigenvalue weighted by atomic mass is 16.5. The van der Waals surface area contributed by atoms with Gasteiger partial charge in [-0.2, -0.15) is 5.10 Å². The standard InChI is InChI=1S/C26H27N5O3/c1-5-34-24(32)15-29-21-8-6-7-16(2)25(21)31(26(29)33)22-12-17(3)19(11-18(22)4)20-13-28-30-10-9-27-14-23(20)30/h6-14,17,19H,5,15H2,1-4H3. The predicted octanol–water partition coefficient (Wildman–Crippen LogP) is 3.94. The zero-order valence-corrected chi connectivity index (χ0v) is 19.7. The third-order valence-corrected chi connectivity index (χ3v) is 6.52. The third kappa shape index (κ3) is 3.46. The molecule has 2 unspecified atom stereocenters. The number of para-hydroxylation sites is 1. The minimum Gasteiger partial charge on any atom is -0.465 e. The first-order valence-electron chi connectivity index (χ1n) is 11.5. The van der Waals surface area contributed by atoms with E-state index >= 15 is 0 Å². The van der Waals surface area contributed by atoms with E-state index in [1.54, 1.807) is 17.7 Å². The number of allylic oxidation sites excluding steroid dienone is 4. The van der Waals surface area contributed by atoms with Gasteiger partial charge in [0.25, 0.3) is 0 Å². The Bertz CT molecular complexity index is 1540. The van der Waals surface area contributed by atoms with Gasteiger partial charge in [-0.15, -0.1) is 0 Å². The molecule has 2 atom stereocenters. The van der Waals surface area contributed by atoms with Crippen molar-refractivity contribution in [2.75, 3.05) is 6.61 Å². The van der Waals surface area contributed by atoms with E-state index in [1.807, 2.05) is 55.2 Å². The molecule has 3 aromatic heterocycles. The summed E-state index contributed by atoms with van der Waals surface area (Å²) in [5, 5.41) is 4.47. The molecule has 5 rings (SSSR count). The fourth-order valence-corrected chi connectivity index (χ4v) is 4.91. The first-order chi connectivity index (χ1) is 16.4. The minimum absolute atomic E-state index is 0.107. The number of aryl methyl sites for hydroxylation is 1. The summed E-state index contributed by atoms with van der Waals surface area (Å²) >= 11 is 0. The molecule has 8 nitrogen and oxygen atoms in total. The van der Waals surface area contributed by atoms with Crippen LogP contribution in [-0.2, 0) is 16.1 Å². The van der Waals surface area contributed by atoms with Crippen LogP contribution in [0.4, 0.5) is 0 Å². The molecule has 0 fully saturated rings. The molecule has 0 amide bonds. The van der Waals surface area contributed by atoms with Crippen LogP contribution in [0.2, 0.25) is 0 Å². The lowest BCUT2D eigenvalue weighted by Crippen LogP contribution is -2.28. The summed E-state index contributed by atoms with van der Waals surface area (Å²) in [6.07, 6.45) is 11.6. The molecule has 0 saturated carbocycles. The van der Waals surface area contributed by atoms with E-state index in [2.05, 4.69) is 29.2 Å². The molecule has 1 aliphatic carbocycles. The molecule has 0 spiro atoms. The largest absolute Gasteiger partial charge is 0.465 e. The molecule has 34 heavy (non-hydrogen) atoms. The van der Waals surface area contributed by atoms with Gasteiger partial charge in [0.2, 0.25) is 0 Å². The smallest absolute Gasteiger partial charge is 0.334 e. The first kappa shape index (κ1) is 21.9. The Balaban J connectivity index is 1.63. The number of fused-ring (bicyclic) bond motifs is 2. The maximum absolute atomic E-state index is 13.6. The van der Waals surface area contributed by atoms with Crippen molar-refractivity contribution in [1.29, 1.82) is 0 Å². The summed E-state index contributed by atoms with van der Waals surface area (Å²) in [7, 11) is 0. The minimum atomic E-state index is -0.426. The molecule has 4 aromatic rings. The maximum Gasteiger partial charge on any atom is 0.334 e. The van der Waals surface area contributed by atoms with Gasteiger partial charge in [-0.3, -0.25) is 18.9 Å². The molecule has 0 radical (unpaired) electrons. The lowest BCUT2D eigenvalue weighted by Gasteiger charge is -2.26. The molecular weight excluding hydrogens is 430 g/mol. The van der Waals surface area contributed by atoms with Gasteiger partial charge < -0.3 is 4.74 Å². The number of rotatable bonds is 5. The Morgan fingerprint density at radius 2 is 1.97 bits per heavy atom. The van der Waals surface area contributed by atoms with Crippen molar-refractivity contribution in [2.24, 2.45) is 5.92 Å². The SMILES string of the molecule is CCOC(=O)Cn1c(=O)n(C2=CC(C)C(c3cnn4ccncc34)C=C2C)c2c(C)cccc21. The number of carbonyl (C=O) groups excluding carboxylic acids is 1. The quantitative estimate of drug-likeness (QED) is 0.424. The lowest BCUT2D eigenvalue weighted by atomic mass is 9.81. The van der Waals surface area contributed by atoms with Crippen molar-refractivity contribution in [1.82, 2.24) is 23.7 Å². The van der Waals surface area contributed by atoms with Gasteiger partial charge in [-0.25, -0.2) is 9.31 Å². The van der Waals surface area contributed by atoms with E-state index in [-0.39, 0.29) is 30.7 Å². The van der Waals surface area contributed by atoms with Crippen LogP contribution in [-0.4, -0.2) is 36.3 Å². The van der Waals surface area contributed by atoms with Crippen LogP contribution in [0.25, 0.3) is 22.2 Å². The zero-order chi connectivity index (χ0) is 24.0. The molecule has 1 aromatic carbocycles. The van der Waals surface area contributed by atoms with Crippen LogP contribution < -0.4 is 5.69 Å². The van der Waals surface area contributed by atoms with Crippen molar-refractivity contribution in [3.63, 3.8) is 0 Å². The van der Waals surface area contributed by atoms with Crippen LogP contribution >= 0.6 is 0 Å². The van der Waals surface area contributed by atoms with Gasteiger partial charge in [0, 0.05) is 29.6 Å². The Labute approximate surface area is 196 Å². The molecule has 3 heterocycles. The van der Waals surface area contributed by atoms with E-state index in [0.717, 1.165) is 38.9 Å². The van der Waals surface area contributed by atoms with Gasteiger partial charge in [-0.1, -0.05) is 31.2 Å². The lowest BCUT2D eigenvalue weighted by molar-refractivity contribution is -0.143. The van der Waals surface area contributed by atoms with Crippen molar-refractivity contribution >= 4 is 28.2 Å². The van der Waals surface area contributed by atoms with Crippen LogP contribution in [0.5, 0.6) is 0 Å². The summed E-state index contributed by atoms with van der Waals surface area (Å²) in [5.74, 6) is -0.202. The number of aromatic nitrogens is 5. The topological polar surface area (TPSA) is 83.4 Å². The molecular formula is C26H27N5O3. The molecule has 0 saturated heterocycles. The molecule has 174 valence electrons. The second-order valence-electron chi connectivity index (χ2n) is 8.74. The van der Waals surface area contributed by atoms with Gasteiger partial charge in [0.1, 0.15) is 6.54 Å². The van der Waals surface area contributed by atoms with E-state index in [0.29, 0.717) is 0 Å². The third-order valence-electron chi connectivity index (χ3n) is 6.52. The number of esters is 1. The Hall–Kier alpha value is -3.94. The molecule has 1 aliphatic rings. The number of ether oxygens (including phenoxy) is 1. The monoisotopic (exact) mass is 457 g/mol. The van der Waals surface area contributed by atoms with Gasteiger partial charge in [-0.05, 0) is 43.9 Å². The van der Waals surface area contributed by atoms with Crippen molar-refractivity contribution in [3.8, 4) is 0 Å². The van der Waals surface area contributed by atoms with E-state index in [9.17, 15) is 9.59 Å². The maximum atomic E-state index is 13.6. The van der Waals surface area contributed by atoms with Crippen LogP contribution in [0, 0.1) is 12.8 Å².